The van der Waals surface area contributed by atoms with Gasteiger partial charge < -0.3 is 19.9 Å². The summed E-state index contributed by atoms with van der Waals surface area (Å²) in [7, 11) is 0. The maximum Gasteiger partial charge on any atom is 0.490 e. The third kappa shape index (κ3) is 7.85. The SMILES string of the molecule is O=C(O)C(F)(F)F.O=C(O)c1cn(CC(O)C2CCN(Cc3ccc(Cl)cc3)CC2)c2ccc(Cl)cc12. The number of aromatic nitrogens is 1. The van der Waals surface area contributed by atoms with E-state index in [0.717, 1.165) is 43.0 Å². The predicted octanol–water partition coefficient (Wildman–Crippen LogP) is 5.55. The summed E-state index contributed by atoms with van der Waals surface area (Å²) in [4.78, 5) is 22.9. The second-order valence-corrected chi connectivity index (χ2v) is 9.64. The lowest BCUT2D eigenvalue weighted by Crippen LogP contribution is -2.38. The molecule has 7 nitrogen and oxygen atoms in total. The molecule has 0 saturated carbocycles. The molecule has 37 heavy (non-hydrogen) atoms. The number of rotatable bonds is 6. The molecule has 2 heterocycles. The first-order valence-corrected chi connectivity index (χ1v) is 12.1. The minimum Gasteiger partial charge on any atom is -0.478 e. The first kappa shape index (κ1) is 28.8. The van der Waals surface area contributed by atoms with E-state index in [1.807, 2.05) is 34.9 Å². The van der Waals surface area contributed by atoms with Crippen LogP contribution < -0.4 is 0 Å². The number of aliphatic carboxylic acids is 1. The van der Waals surface area contributed by atoms with E-state index < -0.39 is 24.2 Å². The average molecular weight is 561 g/mol. The summed E-state index contributed by atoms with van der Waals surface area (Å²) < 4.78 is 33.6. The van der Waals surface area contributed by atoms with E-state index in [0.29, 0.717) is 17.0 Å². The number of carboxylic acid groups (broad SMARTS) is 2. The Labute approximate surface area is 220 Å². The molecular formula is C25H25Cl2F3N2O5. The highest BCUT2D eigenvalue weighted by atomic mass is 35.5. The molecular weight excluding hydrogens is 536 g/mol. The topological polar surface area (TPSA) is 103 Å². The standard InChI is InChI=1S/C23H24Cl2N2O3.C2HF3O2/c24-17-3-1-15(2-4-17)12-26-9-7-16(8-10-26)22(28)14-27-13-20(23(29)30)19-11-18(25)5-6-21(19)27;3-2(4,5)1(6)7/h1-6,11,13,16,22,28H,7-10,12,14H2,(H,29,30);(H,6,7). The highest BCUT2D eigenvalue weighted by molar-refractivity contribution is 6.31. The van der Waals surface area contributed by atoms with Crippen LogP contribution in [-0.4, -0.2) is 62.1 Å². The number of alkyl halides is 3. The van der Waals surface area contributed by atoms with Gasteiger partial charge in [0.25, 0.3) is 0 Å². The van der Waals surface area contributed by atoms with Crippen molar-refractivity contribution < 1.29 is 38.1 Å². The molecule has 1 aliphatic heterocycles. The van der Waals surface area contributed by atoms with Crippen LogP contribution in [-0.2, 0) is 17.9 Å². The second-order valence-electron chi connectivity index (χ2n) is 8.77. The van der Waals surface area contributed by atoms with Crippen molar-refractivity contribution in [2.45, 2.75) is 38.2 Å². The third-order valence-corrected chi connectivity index (χ3v) is 6.68. The van der Waals surface area contributed by atoms with Gasteiger partial charge >= 0.3 is 18.1 Å². The van der Waals surface area contributed by atoms with Gasteiger partial charge in [-0.1, -0.05) is 35.3 Å². The van der Waals surface area contributed by atoms with Gasteiger partial charge in [-0.15, -0.1) is 0 Å². The van der Waals surface area contributed by atoms with Gasteiger partial charge in [0, 0.05) is 40.2 Å². The van der Waals surface area contributed by atoms with Crippen LogP contribution in [0.4, 0.5) is 13.2 Å². The molecule has 1 aliphatic rings. The molecule has 0 spiro atoms. The van der Waals surface area contributed by atoms with Crippen molar-refractivity contribution in [1.82, 2.24) is 9.47 Å². The molecule has 0 aliphatic carbocycles. The third-order valence-electron chi connectivity index (χ3n) is 6.20. The molecule has 1 unspecified atom stereocenters. The molecule has 4 rings (SSSR count). The van der Waals surface area contributed by atoms with Crippen LogP contribution in [0, 0.1) is 5.92 Å². The number of benzene rings is 2. The van der Waals surface area contributed by atoms with E-state index in [1.165, 1.54) is 5.56 Å². The molecule has 1 atom stereocenters. The molecule has 2 aromatic carbocycles. The molecule has 3 N–H and O–H groups in total. The Morgan fingerprint density at radius 1 is 1.00 bits per heavy atom. The highest BCUT2D eigenvalue weighted by Gasteiger charge is 2.38. The van der Waals surface area contributed by atoms with Gasteiger partial charge in [0.15, 0.2) is 0 Å². The Bertz CT molecular complexity index is 1240. The Morgan fingerprint density at radius 3 is 2.11 bits per heavy atom. The van der Waals surface area contributed by atoms with Gasteiger partial charge in [-0.2, -0.15) is 13.2 Å². The van der Waals surface area contributed by atoms with Gasteiger partial charge in [-0.25, -0.2) is 9.59 Å². The lowest BCUT2D eigenvalue weighted by Gasteiger charge is -2.34. The van der Waals surface area contributed by atoms with E-state index in [4.69, 9.17) is 33.1 Å². The first-order valence-electron chi connectivity index (χ1n) is 11.3. The van der Waals surface area contributed by atoms with Crippen molar-refractivity contribution in [3.63, 3.8) is 0 Å². The summed E-state index contributed by atoms with van der Waals surface area (Å²) >= 11 is 12.0. The number of aliphatic hydroxyl groups excluding tert-OH is 1. The van der Waals surface area contributed by atoms with Crippen LogP contribution in [0.3, 0.4) is 0 Å². The number of aromatic carboxylic acids is 1. The largest absolute Gasteiger partial charge is 0.490 e. The van der Waals surface area contributed by atoms with Crippen LogP contribution in [0.15, 0.2) is 48.7 Å². The molecule has 1 fully saturated rings. The Balaban J connectivity index is 0.000000479. The Hall–Kier alpha value is -2.79. The smallest absolute Gasteiger partial charge is 0.478 e. The fourth-order valence-corrected chi connectivity index (χ4v) is 4.58. The van der Waals surface area contributed by atoms with Crippen LogP contribution in [0.1, 0.15) is 28.8 Å². The number of aliphatic hydroxyl groups is 1. The summed E-state index contributed by atoms with van der Waals surface area (Å²) in [6, 6.07) is 13.1. The van der Waals surface area contributed by atoms with Gasteiger partial charge in [-0.05, 0) is 67.7 Å². The van der Waals surface area contributed by atoms with Crippen molar-refractivity contribution in [2.75, 3.05) is 13.1 Å². The second kappa shape index (κ2) is 12.2. The molecule has 200 valence electrons. The zero-order chi connectivity index (χ0) is 27.3. The lowest BCUT2D eigenvalue weighted by molar-refractivity contribution is -0.192. The summed E-state index contributed by atoms with van der Waals surface area (Å²) in [5, 5.41) is 29.3. The van der Waals surface area contributed by atoms with Crippen molar-refractivity contribution >= 4 is 46.0 Å². The van der Waals surface area contributed by atoms with Crippen LogP contribution in [0.2, 0.25) is 10.0 Å². The van der Waals surface area contributed by atoms with Gasteiger partial charge in [0.1, 0.15) is 0 Å². The van der Waals surface area contributed by atoms with Crippen molar-refractivity contribution in [1.29, 1.82) is 0 Å². The number of carboxylic acids is 2. The number of carbonyl (C=O) groups is 2. The van der Waals surface area contributed by atoms with Crippen LogP contribution in [0.25, 0.3) is 10.9 Å². The normalized spacial score (nSPS) is 15.7. The quantitative estimate of drug-likeness (QED) is 0.365. The number of likely N-dealkylation sites (tertiary alicyclic amines) is 1. The maximum atomic E-state index is 11.6. The van der Waals surface area contributed by atoms with E-state index in [2.05, 4.69) is 4.90 Å². The van der Waals surface area contributed by atoms with Crippen LogP contribution >= 0.6 is 23.2 Å². The number of hydrogen-bond donors (Lipinski definition) is 3. The van der Waals surface area contributed by atoms with E-state index in [-0.39, 0.29) is 11.5 Å². The predicted molar refractivity (Wildman–Crippen MR) is 133 cm³/mol. The van der Waals surface area contributed by atoms with Crippen molar-refractivity contribution in [2.24, 2.45) is 5.92 Å². The van der Waals surface area contributed by atoms with Crippen LogP contribution in [0.5, 0.6) is 0 Å². The van der Waals surface area contributed by atoms with Crippen molar-refractivity contribution in [3.05, 3.63) is 69.8 Å². The van der Waals surface area contributed by atoms with E-state index >= 15 is 0 Å². The van der Waals surface area contributed by atoms with E-state index in [1.54, 1.807) is 18.3 Å². The highest BCUT2D eigenvalue weighted by Crippen LogP contribution is 2.28. The first-order chi connectivity index (χ1) is 17.3. The van der Waals surface area contributed by atoms with E-state index in [9.17, 15) is 28.2 Å². The molecule has 0 bridgehead atoms. The Kier molecular flexibility index (Phi) is 9.46. The minimum absolute atomic E-state index is 0.185. The summed E-state index contributed by atoms with van der Waals surface area (Å²) in [6.45, 7) is 3.09. The minimum atomic E-state index is -5.08. The van der Waals surface area contributed by atoms with Gasteiger partial charge in [0.2, 0.25) is 0 Å². The summed E-state index contributed by atoms with van der Waals surface area (Å²) in [5.41, 5.74) is 2.21. The number of nitrogens with zero attached hydrogens (tertiary/aromatic N) is 2. The number of fused-ring (bicyclic) bond motifs is 1. The lowest BCUT2D eigenvalue weighted by atomic mass is 9.91. The fraction of sp³-hybridized carbons (Fsp3) is 0.360. The molecule has 1 aromatic heterocycles. The van der Waals surface area contributed by atoms with Crippen molar-refractivity contribution in [3.8, 4) is 0 Å². The number of hydrogen-bond acceptors (Lipinski definition) is 4. The molecule has 0 amide bonds. The average Bonchev–Trinajstić information content (AvgIpc) is 3.18. The summed E-state index contributed by atoms with van der Waals surface area (Å²) in [5.74, 6) is -3.57. The molecule has 12 heteroatoms. The zero-order valence-corrected chi connectivity index (χ0v) is 21.0. The monoisotopic (exact) mass is 560 g/mol. The van der Waals surface area contributed by atoms with Gasteiger partial charge in [-0.3, -0.25) is 4.90 Å². The maximum absolute atomic E-state index is 11.6. The molecule has 0 radical (unpaired) electrons. The zero-order valence-electron chi connectivity index (χ0n) is 19.5. The molecule has 1 saturated heterocycles. The fourth-order valence-electron chi connectivity index (χ4n) is 4.29. The number of halogens is 5. The summed E-state index contributed by atoms with van der Waals surface area (Å²) in [6.07, 6.45) is -2.20. The number of piperidine rings is 1. The van der Waals surface area contributed by atoms with Gasteiger partial charge in [0.05, 0.1) is 11.7 Å². The Morgan fingerprint density at radius 2 is 1.57 bits per heavy atom. The molecule has 3 aromatic rings.